The zero-order chi connectivity index (χ0) is 25.5. The second kappa shape index (κ2) is 7.51. The van der Waals surface area contributed by atoms with E-state index in [1.165, 1.54) is 50.2 Å². The maximum absolute atomic E-state index is 15.4. The number of thiophene rings is 2. The first kappa shape index (κ1) is 23.7. The standard InChI is InChI=1S/C25H14F6O2S2/c1-11-19(15-5-3-13(9-32)7-17(15)34-11)21-22(24(28,29)25(30,31)23(21,26)27)20-12(2)35-18-8-14(10-33)4-6-16(18)20/h3-10H,1-2H3. The monoisotopic (exact) mass is 524 g/mol. The zero-order valence-electron chi connectivity index (χ0n) is 18.0. The van der Waals surface area contributed by atoms with Crippen LogP contribution in [0.25, 0.3) is 31.3 Å². The molecule has 2 nitrogen and oxygen atoms in total. The molecule has 0 amide bonds. The molecule has 0 atom stereocenters. The van der Waals surface area contributed by atoms with Gasteiger partial charge in [-0.2, -0.15) is 26.3 Å². The van der Waals surface area contributed by atoms with E-state index in [0.717, 1.165) is 22.7 Å². The molecule has 2 heterocycles. The Morgan fingerprint density at radius 3 is 1.37 bits per heavy atom. The summed E-state index contributed by atoms with van der Waals surface area (Å²) in [6, 6.07) is 8.06. The molecule has 10 heteroatoms. The third-order valence-electron chi connectivity index (χ3n) is 6.22. The lowest BCUT2D eigenvalue weighted by Gasteiger charge is -2.26. The van der Waals surface area contributed by atoms with Crippen LogP contribution in [0.15, 0.2) is 36.4 Å². The van der Waals surface area contributed by atoms with Crippen molar-refractivity contribution >= 4 is 66.6 Å². The van der Waals surface area contributed by atoms with E-state index < -0.39 is 28.9 Å². The van der Waals surface area contributed by atoms with Crippen molar-refractivity contribution in [3.63, 3.8) is 0 Å². The average Bonchev–Trinajstić information content (AvgIpc) is 3.32. The maximum atomic E-state index is 15.4. The Bertz CT molecular complexity index is 1480. The van der Waals surface area contributed by atoms with Crippen LogP contribution in [0.3, 0.4) is 0 Å². The van der Waals surface area contributed by atoms with Gasteiger partial charge in [-0.15, -0.1) is 22.7 Å². The second-order valence-electron chi connectivity index (χ2n) is 8.29. The first-order valence-corrected chi connectivity index (χ1v) is 11.9. The number of fused-ring (bicyclic) bond motifs is 2. The molecule has 4 aromatic rings. The van der Waals surface area contributed by atoms with Crippen LogP contribution in [-0.2, 0) is 0 Å². The van der Waals surface area contributed by atoms with E-state index in [1.807, 2.05) is 0 Å². The third-order valence-corrected chi connectivity index (χ3v) is 8.36. The molecule has 0 unspecified atom stereocenters. The van der Waals surface area contributed by atoms with Crippen LogP contribution in [0.1, 0.15) is 41.6 Å². The SMILES string of the molecule is Cc1sc2cc(C=O)ccc2c1C1=C(c2c(C)sc3cc(C=O)ccc23)C(F)(F)C(F)(F)C1(F)F. The molecule has 0 fully saturated rings. The van der Waals surface area contributed by atoms with E-state index in [1.54, 1.807) is 0 Å². The van der Waals surface area contributed by atoms with E-state index in [0.29, 0.717) is 22.0 Å². The number of hydrogen-bond donors (Lipinski definition) is 0. The van der Waals surface area contributed by atoms with Crippen LogP contribution in [0.4, 0.5) is 26.3 Å². The van der Waals surface area contributed by atoms with Gasteiger partial charge in [-0.1, -0.05) is 24.3 Å². The molecule has 2 aromatic carbocycles. The second-order valence-corrected chi connectivity index (χ2v) is 10.8. The Hall–Kier alpha value is -2.98. The Balaban J connectivity index is 1.96. The zero-order valence-corrected chi connectivity index (χ0v) is 19.7. The predicted molar refractivity (Wildman–Crippen MR) is 126 cm³/mol. The lowest BCUT2D eigenvalue weighted by Crippen LogP contribution is -2.48. The summed E-state index contributed by atoms with van der Waals surface area (Å²) >= 11 is 1.91. The van der Waals surface area contributed by atoms with Gasteiger partial charge >= 0.3 is 17.8 Å². The molecule has 2 aromatic heterocycles. The molecule has 180 valence electrons. The lowest BCUT2D eigenvalue weighted by atomic mass is 9.91. The highest BCUT2D eigenvalue weighted by atomic mass is 32.1. The first-order chi connectivity index (χ1) is 16.4. The van der Waals surface area contributed by atoms with Crippen LogP contribution < -0.4 is 0 Å². The molecule has 35 heavy (non-hydrogen) atoms. The summed E-state index contributed by atoms with van der Waals surface area (Å²) in [6.07, 6.45) is 1.08. The fourth-order valence-corrected chi connectivity index (χ4v) is 6.87. The van der Waals surface area contributed by atoms with E-state index in [-0.39, 0.29) is 42.8 Å². The Kier molecular flexibility index (Phi) is 5.09. The Morgan fingerprint density at radius 1 is 0.657 bits per heavy atom. The minimum absolute atomic E-state index is 0.0826. The topological polar surface area (TPSA) is 34.1 Å². The molecule has 0 bridgehead atoms. The number of aldehydes is 2. The average molecular weight is 525 g/mol. The molecular formula is C25H14F6O2S2. The fourth-order valence-electron chi connectivity index (χ4n) is 4.63. The van der Waals surface area contributed by atoms with Crippen LogP contribution >= 0.6 is 22.7 Å². The highest BCUT2D eigenvalue weighted by molar-refractivity contribution is 7.19. The molecule has 0 aliphatic heterocycles. The highest BCUT2D eigenvalue weighted by Gasteiger charge is 2.80. The number of rotatable bonds is 4. The molecule has 0 N–H and O–H groups in total. The van der Waals surface area contributed by atoms with Gasteiger partial charge in [0.2, 0.25) is 0 Å². The van der Waals surface area contributed by atoms with E-state index in [4.69, 9.17) is 0 Å². The number of hydrogen-bond acceptors (Lipinski definition) is 4. The van der Waals surface area contributed by atoms with Gasteiger partial charge in [0.25, 0.3) is 0 Å². The molecule has 1 aliphatic carbocycles. The van der Waals surface area contributed by atoms with E-state index in [2.05, 4.69) is 0 Å². The third kappa shape index (κ3) is 3.02. The Morgan fingerprint density at radius 2 is 1.03 bits per heavy atom. The molecule has 0 radical (unpaired) electrons. The van der Waals surface area contributed by atoms with Crippen molar-refractivity contribution in [2.45, 2.75) is 31.6 Å². The molecule has 5 rings (SSSR count). The fraction of sp³-hybridized carbons (Fsp3) is 0.200. The summed E-state index contributed by atoms with van der Waals surface area (Å²) in [5.41, 5.74) is -3.14. The van der Waals surface area contributed by atoms with Gasteiger partial charge in [0.15, 0.2) is 0 Å². The Labute approximate surface area is 202 Å². The predicted octanol–water partition coefficient (Wildman–Crippen LogP) is 8.19. The number of allylic oxidation sites excluding steroid dienone is 2. The number of aryl methyl sites for hydroxylation is 2. The highest BCUT2D eigenvalue weighted by Crippen LogP contribution is 2.67. The van der Waals surface area contributed by atoms with Crippen LogP contribution in [0.2, 0.25) is 0 Å². The first-order valence-electron chi connectivity index (χ1n) is 10.2. The van der Waals surface area contributed by atoms with Gasteiger partial charge in [-0.05, 0) is 26.0 Å². The smallest absolute Gasteiger partial charge is 0.298 e. The normalized spacial score (nSPS) is 18.5. The summed E-state index contributed by atoms with van der Waals surface area (Å²) in [7, 11) is 0. The van der Waals surface area contributed by atoms with Crippen molar-refractivity contribution in [1.82, 2.24) is 0 Å². The van der Waals surface area contributed by atoms with Crippen molar-refractivity contribution in [2.24, 2.45) is 0 Å². The van der Waals surface area contributed by atoms with Gasteiger partial charge < -0.3 is 0 Å². The van der Waals surface area contributed by atoms with Gasteiger partial charge in [0.1, 0.15) is 12.6 Å². The number of alkyl halides is 6. The number of benzene rings is 2. The summed E-state index contributed by atoms with van der Waals surface area (Å²) in [5.74, 6) is -16.0. The molecular weight excluding hydrogens is 510 g/mol. The number of carbonyl (C=O) groups excluding carboxylic acids is 2. The summed E-state index contributed by atoms with van der Waals surface area (Å²) in [6.45, 7) is 2.79. The quantitative estimate of drug-likeness (QED) is 0.199. The van der Waals surface area contributed by atoms with Crippen molar-refractivity contribution in [3.05, 3.63) is 68.4 Å². The minimum Gasteiger partial charge on any atom is -0.298 e. The lowest BCUT2D eigenvalue weighted by molar-refractivity contribution is -0.254. The summed E-state index contributed by atoms with van der Waals surface area (Å²) < 4.78 is 92.0. The number of carbonyl (C=O) groups is 2. The van der Waals surface area contributed by atoms with Crippen molar-refractivity contribution in [3.8, 4) is 0 Å². The van der Waals surface area contributed by atoms with E-state index in [9.17, 15) is 18.4 Å². The van der Waals surface area contributed by atoms with Crippen molar-refractivity contribution < 1.29 is 35.9 Å². The molecule has 1 aliphatic rings. The maximum Gasteiger partial charge on any atom is 0.380 e. The van der Waals surface area contributed by atoms with Crippen LogP contribution in [0, 0.1) is 13.8 Å². The largest absolute Gasteiger partial charge is 0.380 e. The van der Waals surface area contributed by atoms with Crippen molar-refractivity contribution in [2.75, 3.05) is 0 Å². The van der Waals surface area contributed by atoms with Gasteiger partial charge in [-0.25, -0.2) is 0 Å². The van der Waals surface area contributed by atoms with Gasteiger partial charge in [-0.3, -0.25) is 9.59 Å². The molecule has 0 spiro atoms. The van der Waals surface area contributed by atoms with Crippen LogP contribution in [-0.4, -0.2) is 30.3 Å². The number of halogens is 6. The summed E-state index contributed by atoms with van der Waals surface area (Å²) in [5, 5.41) is 0.165. The summed E-state index contributed by atoms with van der Waals surface area (Å²) in [4.78, 5) is 22.6. The molecule has 0 saturated carbocycles. The minimum atomic E-state index is -5.68. The van der Waals surface area contributed by atoms with Gasteiger partial charge in [0.05, 0.1) is 0 Å². The van der Waals surface area contributed by atoms with Crippen LogP contribution in [0.5, 0.6) is 0 Å². The molecule has 0 saturated heterocycles. The van der Waals surface area contributed by atoms with Crippen molar-refractivity contribution in [1.29, 1.82) is 0 Å². The van der Waals surface area contributed by atoms with E-state index >= 15 is 17.6 Å². The van der Waals surface area contributed by atoms with Gasteiger partial charge in [0, 0.05) is 63.3 Å².